The van der Waals surface area contributed by atoms with E-state index in [0.717, 1.165) is 10.0 Å². The van der Waals surface area contributed by atoms with Gasteiger partial charge in [0, 0.05) is 10.5 Å². The van der Waals surface area contributed by atoms with E-state index in [1.54, 1.807) is 0 Å². The van der Waals surface area contributed by atoms with Crippen LogP contribution in [0, 0.1) is 0 Å². The summed E-state index contributed by atoms with van der Waals surface area (Å²) in [7, 11) is -3.56. The van der Waals surface area contributed by atoms with Crippen LogP contribution in [0.25, 0.3) is 0 Å². The third-order valence-electron chi connectivity index (χ3n) is 4.22. The molecule has 0 heterocycles. The van der Waals surface area contributed by atoms with E-state index in [0.29, 0.717) is 12.2 Å². The highest BCUT2D eigenvalue weighted by atomic mass is 79.9. The molecule has 2 rings (SSSR count). The minimum absolute atomic E-state index is 0.141. The molecule has 0 aromatic heterocycles. The molecule has 6 nitrogen and oxygen atoms in total. The van der Waals surface area contributed by atoms with Gasteiger partial charge in [0.25, 0.3) is 5.91 Å². The molecule has 2 aromatic carbocycles. The number of rotatable bonds is 9. The van der Waals surface area contributed by atoms with Gasteiger partial charge in [0.1, 0.15) is 5.75 Å². The van der Waals surface area contributed by atoms with Crippen LogP contribution in [0.3, 0.4) is 0 Å². The van der Waals surface area contributed by atoms with Gasteiger partial charge in [-0.15, -0.1) is 0 Å². The SMILES string of the molecule is CC[C@@H](C)NS(=O)(=O)c1ccc(OCC(=O)N[C@@H](C)c2ccc(Br)cc2)cc1. The van der Waals surface area contributed by atoms with Gasteiger partial charge < -0.3 is 10.1 Å². The Labute approximate surface area is 174 Å². The van der Waals surface area contributed by atoms with Crippen LogP contribution in [0.15, 0.2) is 57.9 Å². The number of ether oxygens (including phenoxy) is 1. The molecule has 152 valence electrons. The molecular formula is C20H25BrN2O4S. The van der Waals surface area contributed by atoms with Crippen molar-refractivity contribution in [3.8, 4) is 5.75 Å². The summed E-state index contributed by atoms with van der Waals surface area (Å²) in [6.07, 6.45) is 0.703. The highest BCUT2D eigenvalue weighted by molar-refractivity contribution is 9.10. The molecule has 0 saturated heterocycles. The van der Waals surface area contributed by atoms with Crippen LogP contribution in [-0.4, -0.2) is 27.0 Å². The number of sulfonamides is 1. The highest BCUT2D eigenvalue weighted by Crippen LogP contribution is 2.18. The molecule has 28 heavy (non-hydrogen) atoms. The quantitative estimate of drug-likeness (QED) is 0.586. The minimum Gasteiger partial charge on any atom is -0.484 e. The van der Waals surface area contributed by atoms with Crippen LogP contribution in [0.5, 0.6) is 5.75 Å². The summed E-state index contributed by atoms with van der Waals surface area (Å²) in [6, 6.07) is 13.4. The predicted molar refractivity (Wildman–Crippen MR) is 113 cm³/mol. The molecule has 0 fully saturated rings. The van der Waals surface area contributed by atoms with Crippen LogP contribution in [0.4, 0.5) is 0 Å². The van der Waals surface area contributed by atoms with Gasteiger partial charge in [0.05, 0.1) is 10.9 Å². The molecule has 1 amide bonds. The molecule has 8 heteroatoms. The predicted octanol–water partition coefficient (Wildman–Crippen LogP) is 3.78. The van der Waals surface area contributed by atoms with Crippen LogP contribution in [-0.2, 0) is 14.8 Å². The number of carbonyl (C=O) groups excluding carboxylic acids is 1. The zero-order chi connectivity index (χ0) is 20.7. The van der Waals surface area contributed by atoms with Crippen molar-refractivity contribution in [2.75, 3.05) is 6.61 Å². The summed E-state index contributed by atoms with van der Waals surface area (Å²) >= 11 is 3.38. The Morgan fingerprint density at radius 1 is 1.07 bits per heavy atom. The third-order valence-corrected chi connectivity index (χ3v) is 6.35. The van der Waals surface area contributed by atoms with E-state index in [-0.39, 0.29) is 29.5 Å². The monoisotopic (exact) mass is 468 g/mol. The van der Waals surface area contributed by atoms with E-state index in [1.807, 2.05) is 45.0 Å². The molecule has 0 saturated carbocycles. The largest absolute Gasteiger partial charge is 0.484 e. The van der Waals surface area contributed by atoms with E-state index in [4.69, 9.17) is 4.74 Å². The average molecular weight is 469 g/mol. The van der Waals surface area contributed by atoms with Gasteiger partial charge >= 0.3 is 0 Å². The van der Waals surface area contributed by atoms with E-state index in [2.05, 4.69) is 26.0 Å². The maximum Gasteiger partial charge on any atom is 0.258 e. The highest BCUT2D eigenvalue weighted by Gasteiger charge is 2.16. The van der Waals surface area contributed by atoms with Crippen LogP contribution < -0.4 is 14.8 Å². The Balaban J connectivity index is 1.88. The lowest BCUT2D eigenvalue weighted by atomic mass is 10.1. The second kappa shape index (κ2) is 10.0. The maximum absolute atomic E-state index is 12.2. The smallest absolute Gasteiger partial charge is 0.258 e. The summed E-state index contributed by atoms with van der Waals surface area (Å²) in [4.78, 5) is 12.3. The second-order valence-corrected chi connectivity index (χ2v) is 9.16. The Hall–Kier alpha value is -1.90. The first kappa shape index (κ1) is 22.4. The van der Waals surface area contributed by atoms with E-state index >= 15 is 0 Å². The molecular weight excluding hydrogens is 444 g/mol. The molecule has 0 aliphatic heterocycles. The summed E-state index contributed by atoms with van der Waals surface area (Å²) in [5.41, 5.74) is 0.986. The number of nitrogens with one attached hydrogen (secondary N) is 2. The molecule has 2 atom stereocenters. The molecule has 0 radical (unpaired) electrons. The molecule has 2 aromatic rings. The number of halogens is 1. The first-order valence-corrected chi connectivity index (χ1v) is 11.3. The van der Waals surface area contributed by atoms with Gasteiger partial charge in [-0.1, -0.05) is 35.0 Å². The topological polar surface area (TPSA) is 84.5 Å². The summed E-state index contributed by atoms with van der Waals surface area (Å²) in [5, 5.41) is 2.86. The molecule has 2 N–H and O–H groups in total. The van der Waals surface area contributed by atoms with Gasteiger partial charge in [0.2, 0.25) is 10.0 Å². The van der Waals surface area contributed by atoms with Gasteiger partial charge in [-0.25, -0.2) is 13.1 Å². The first-order valence-electron chi connectivity index (χ1n) is 9.01. The average Bonchev–Trinajstić information content (AvgIpc) is 2.66. The van der Waals surface area contributed by atoms with Crippen LogP contribution in [0.1, 0.15) is 38.8 Å². The lowest BCUT2D eigenvalue weighted by molar-refractivity contribution is -0.123. The van der Waals surface area contributed by atoms with Crippen molar-refractivity contribution in [2.24, 2.45) is 0 Å². The fourth-order valence-electron chi connectivity index (χ4n) is 2.40. The van der Waals surface area contributed by atoms with Crippen LogP contribution in [0.2, 0.25) is 0 Å². The Kier molecular flexibility index (Phi) is 8.03. The molecule has 0 spiro atoms. The zero-order valence-corrected chi connectivity index (χ0v) is 18.5. The normalized spacial score (nSPS) is 13.6. The van der Waals surface area contributed by atoms with Crippen molar-refractivity contribution in [1.82, 2.24) is 10.0 Å². The number of carbonyl (C=O) groups is 1. The first-order chi connectivity index (χ1) is 13.2. The lowest BCUT2D eigenvalue weighted by Gasteiger charge is -2.15. The van der Waals surface area contributed by atoms with Crippen molar-refractivity contribution in [3.63, 3.8) is 0 Å². The summed E-state index contributed by atoms with van der Waals surface area (Å²) in [6.45, 7) is 5.46. The lowest BCUT2D eigenvalue weighted by Crippen LogP contribution is -2.32. The molecule has 0 bridgehead atoms. The van der Waals surface area contributed by atoms with E-state index in [9.17, 15) is 13.2 Å². The Morgan fingerprint density at radius 3 is 2.25 bits per heavy atom. The van der Waals surface area contributed by atoms with Crippen LogP contribution >= 0.6 is 15.9 Å². The van der Waals surface area contributed by atoms with Gasteiger partial charge in [0.15, 0.2) is 6.61 Å². The fraction of sp³-hybridized carbons (Fsp3) is 0.350. The van der Waals surface area contributed by atoms with Crippen molar-refractivity contribution in [1.29, 1.82) is 0 Å². The number of hydrogen-bond donors (Lipinski definition) is 2. The van der Waals surface area contributed by atoms with Crippen molar-refractivity contribution in [3.05, 3.63) is 58.6 Å². The van der Waals surface area contributed by atoms with E-state index in [1.165, 1.54) is 24.3 Å². The molecule has 0 unspecified atom stereocenters. The Bertz CT molecular complexity index is 883. The number of benzene rings is 2. The standard InChI is InChI=1S/C20H25BrN2O4S/c1-4-14(2)23-28(25,26)19-11-9-18(10-12-19)27-13-20(24)22-15(3)16-5-7-17(21)8-6-16/h5-12,14-15,23H,4,13H2,1-3H3,(H,22,24)/t14-,15+/m1/s1. The molecule has 0 aliphatic rings. The summed E-state index contributed by atoms with van der Waals surface area (Å²) < 4.78 is 33.5. The van der Waals surface area contributed by atoms with Gasteiger partial charge in [-0.3, -0.25) is 4.79 Å². The van der Waals surface area contributed by atoms with Crippen molar-refractivity contribution >= 4 is 31.9 Å². The Morgan fingerprint density at radius 2 is 1.68 bits per heavy atom. The van der Waals surface area contributed by atoms with Gasteiger partial charge in [-0.2, -0.15) is 0 Å². The fourth-order valence-corrected chi connectivity index (χ4v) is 3.99. The minimum atomic E-state index is -3.56. The zero-order valence-electron chi connectivity index (χ0n) is 16.1. The third kappa shape index (κ3) is 6.61. The number of amides is 1. The second-order valence-electron chi connectivity index (χ2n) is 6.53. The van der Waals surface area contributed by atoms with Crippen molar-refractivity contribution in [2.45, 2.75) is 44.2 Å². The van der Waals surface area contributed by atoms with Gasteiger partial charge in [-0.05, 0) is 62.2 Å². The maximum atomic E-state index is 12.2. The number of hydrogen-bond acceptors (Lipinski definition) is 4. The molecule has 0 aliphatic carbocycles. The summed E-state index contributed by atoms with van der Waals surface area (Å²) in [5.74, 6) is 0.166. The van der Waals surface area contributed by atoms with E-state index < -0.39 is 10.0 Å². The van der Waals surface area contributed by atoms with Crippen molar-refractivity contribution < 1.29 is 17.9 Å².